The van der Waals surface area contributed by atoms with Crippen LogP contribution in [0.15, 0.2) is 24.7 Å². The van der Waals surface area contributed by atoms with Crippen LogP contribution in [0, 0.1) is 11.7 Å². The lowest BCUT2D eigenvalue weighted by Gasteiger charge is -2.25. The Morgan fingerprint density at radius 2 is 1.91 bits per heavy atom. The SMILES string of the molecule is CC(C)C[C@@H](Nc1nc(Nc2cncc3c2cnn3CC(F)F)c(C(N)=O)cc1F)[C@H](C)N. The highest BCUT2D eigenvalue weighted by molar-refractivity contribution is 6.00. The maximum atomic E-state index is 14.8. The zero-order valence-electron chi connectivity index (χ0n) is 18.5. The molecule has 0 fully saturated rings. The number of anilines is 3. The van der Waals surface area contributed by atoms with E-state index in [0.29, 0.717) is 28.9 Å². The van der Waals surface area contributed by atoms with E-state index in [2.05, 4.69) is 25.7 Å². The van der Waals surface area contributed by atoms with Crippen LogP contribution in [0.4, 0.5) is 30.5 Å². The molecule has 0 spiro atoms. The van der Waals surface area contributed by atoms with E-state index in [-0.39, 0.29) is 29.3 Å². The fourth-order valence-corrected chi connectivity index (χ4v) is 3.46. The van der Waals surface area contributed by atoms with E-state index in [0.717, 1.165) is 10.7 Å². The Labute approximate surface area is 188 Å². The highest BCUT2D eigenvalue weighted by Gasteiger charge is 2.22. The van der Waals surface area contributed by atoms with Gasteiger partial charge in [0.05, 0.1) is 35.4 Å². The van der Waals surface area contributed by atoms with Crippen LogP contribution in [0.25, 0.3) is 10.9 Å². The third kappa shape index (κ3) is 5.69. The Bertz CT molecular complexity index is 1130. The standard InChI is InChI=1S/C21H27F3N8O/c1-10(2)4-15(11(3)25)29-21-14(22)5-12(19(26)33)20(31-21)30-16-7-27-8-17-13(16)6-28-32(17)9-18(23)24/h5-8,10-11,15,18H,4,9,25H2,1-3H3,(H2,26,33)(H2,29,30,31)/t11-,15+/m0/s1. The molecule has 3 heterocycles. The van der Waals surface area contributed by atoms with E-state index in [1.807, 2.05) is 13.8 Å². The van der Waals surface area contributed by atoms with Gasteiger partial charge >= 0.3 is 0 Å². The summed E-state index contributed by atoms with van der Waals surface area (Å²) in [5.41, 5.74) is 12.0. The number of rotatable bonds is 10. The molecule has 3 rings (SSSR count). The third-order valence-corrected chi connectivity index (χ3v) is 5.06. The number of fused-ring (bicyclic) bond motifs is 1. The fraction of sp³-hybridized carbons (Fsp3) is 0.429. The molecule has 0 unspecified atom stereocenters. The van der Waals surface area contributed by atoms with Gasteiger partial charge in [-0.3, -0.25) is 14.5 Å². The molecule has 0 saturated heterocycles. The molecule has 12 heteroatoms. The molecular formula is C21H27F3N8O. The molecular weight excluding hydrogens is 437 g/mol. The Hall–Kier alpha value is -3.41. The smallest absolute Gasteiger partial charge is 0.257 e. The topological polar surface area (TPSA) is 137 Å². The average molecular weight is 464 g/mol. The molecule has 33 heavy (non-hydrogen) atoms. The van der Waals surface area contributed by atoms with Crippen LogP contribution in [-0.4, -0.2) is 44.2 Å². The largest absolute Gasteiger partial charge is 0.365 e. The van der Waals surface area contributed by atoms with Crippen molar-refractivity contribution in [2.24, 2.45) is 17.4 Å². The van der Waals surface area contributed by atoms with Crippen molar-refractivity contribution in [1.29, 1.82) is 0 Å². The average Bonchev–Trinajstić information content (AvgIpc) is 3.12. The monoisotopic (exact) mass is 464 g/mol. The number of amides is 1. The summed E-state index contributed by atoms with van der Waals surface area (Å²) in [5, 5.41) is 10.4. The van der Waals surface area contributed by atoms with E-state index in [4.69, 9.17) is 11.5 Å². The molecule has 3 aromatic heterocycles. The first-order valence-electron chi connectivity index (χ1n) is 10.4. The van der Waals surface area contributed by atoms with Crippen LogP contribution in [0.1, 0.15) is 37.6 Å². The van der Waals surface area contributed by atoms with Gasteiger partial charge in [0, 0.05) is 17.5 Å². The predicted octanol–water partition coefficient (Wildman–Crippen LogP) is 3.25. The van der Waals surface area contributed by atoms with E-state index in [9.17, 15) is 18.0 Å². The van der Waals surface area contributed by atoms with Crippen molar-refractivity contribution < 1.29 is 18.0 Å². The summed E-state index contributed by atoms with van der Waals surface area (Å²) < 4.78 is 41.5. The van der Waals surface area contributed by atoms with Gasteiger partial charge in [-0.05, 0) is 25.3 Å². The number of aromatic nitrogens is 4. The van der Waals surface area contributed by atoms with Gasteiger partial charge < -0.3 is 22.1 Å². The highest BCUT2D eigenvalue weighted by atomic mass is 19.3. The molecule has 0 saturated carbocycles. The van der Waals surface area contributed by atoms with Crippen LogP contribution < -0.4 is 22.1 Å². The molecule has 0 aliphatic carbocycles. The van der Waals surface area contributed by atoms with Crippen molar-refractivity contribution in [2.45, 2.75) is 52.2 Å². The van der Waals surface area contributed by atoms with Crippen molar-refractivity contribution in [1.82, 2.24) is 19.7 Å². The summed E-state index contributed by atoms with van der Waals surface area (Å²) in [4.78, 5) is 20.3. The molecule has 0 aliphatic rings. The minimum atomic E-state index is -2.60. The number of nitrogens with two attached hydrogens (primary N) is 2. The van der Waals surface area contributed by atoms with Gasteiger partial charge in [0.15, 0.2) is 11.6 Å². The number of hydrogen-bond acceptors (Lipinski definition) is 7. The normalized spacial score (nSPS) is 13.5. The van der Waals surface area contributed by atoms with Crippen molar-refractivity contribution in [2.75, 3.05) is 10.6 Å². The number of primary amides is 1. The lowest BCUT2D eigenvalue weighted by Crippen LogP contribution is -2.39. The Balaban J connectivity index is 2.01. The number of carbonyl (C=O) groups is 1. The van der Waals surface area contributed by atoms with E-state index in [1.54, 1.807) is 6.92 Å². The van der Waals surface area contributed by atoms with Crippen LogP contribution in [0.3, 0.4) is 0 Å². The second-order valence-electron chi connectivity index (χ2n) is 8.28. The predicted molar refractivity (Wildman–Crippen MR) is 120 cm³/mol. The molecule has 3 aromatic rings. The number of hydrogen-bond donors (Lipinski definition) is 4. The molecule has 0 aliphatic heterocycles. The first-order valence-corrected chi connectivity index (χ1v) is 10.4. The molecule has 0 radical (unpaired) electrons. The third-order valence-electron chi connectivity index (χ3n) is 5.06. The van der Waals surface area contributed by atoms with Gasteiger partial charge in [0.1, 0.15) is 12.4 Å². The Kier molecular flexibility index (Phi) is 7.36. The summed E-state index contributed by atoms with van der Waals surface area (Å²) in [6, 6.07) is 0.429. The van der Waals surface area contributed by atoms with Crippen LogP contribution in [0.5, 0.6) is 0 Å². The van der Waals surface area contributed by atoms with Crippen molar-refractivity contribution >= 4 is 34.1 Å². The van der Waals surface area contributed by atoms with E-state index in [1.165, 1.54) is 18.6 Å². The van der Waals surface area contributed by atoms with Crippen LogP contribution in [-0.2, 0) is 6.54 Å². The molecule has 0 aromatic carbocycles. The Morgan fingerprint density at radius 1 is 1.18 bits per heavy atom. The second kappa shape index (κ2) is 10.0. The molecule has 9 nitrogen and oxygen atoms in total. The maximum Gasteiger partial charge on any atom is 0.257 e. The first kappa shape index (κ1) is 24.2. The van der Waals surface area contributed by atoms with Crippen LogP contribution in [0.2, 0.25) is 0 Å². The summed E-state index contributed by atoms with van der Waals surface area (Å²) >= 11 is 0. The van der Waals surface area contributed by atoms with Gasteiger partial charge in [-0.15, -0.1) is 0 Å². The molecule has 0 bridgehead atoms. The number of nitrogens with one attached hydrogen (secondary N) is 2. The summed E-state index contributed by atoms with van der Waals surface area (Å²) in [6.07, 6.45) is 2.29. The van der Waals surface area contributed by atoms with Crippen molar-refractivity contribution in [3.8, 4) is 0 Å². The number of carbonyl (C=O) groups excluding carboxylic acids is 1. The summed E-state index contributed by atoms with van der Waals surface area (Å²) in [7, 11) is 0. The van der Waals surface area contributed by atoms with Gasteiger partial charge in [0.25, 0.3) is 12.3 Å². The summed E-state index contributed by atoms with van der Waals surface area (Å²) in [5.74, 6) is -1.47. The minimum Gasteiger partial charge on any atom is -0.365 e. The summed E-state index contributed by atoms with van der Waals surface area (Å²) in [6.45, 7) is 5.24. The number of nitrogens with zero attached hydrogens (tertiary/aromatic N) is 4. The number of pyridine rings is 2. The van der Waals surface area contributed by atoms with Crippen molar-refractivity contribution in [3.63, 3.8) is 0 Å². The minimum absolute atomic E-state index is 0.0183. The van der Waals surface area contributed by atoms with Crippen LogP contribution >= 0.6 is 0 Å². The first-order chi connectivity index (χ1) is 15.6. The zero-order chi connectivity index (χ0) is 24.3. The van der Waals surface area contributed by atoms with Gasteiger partial charge in [-0.25, -0.2) is 18.2 Å². The highest BCUT2D eigenvalue weighted by Crippen LogP contribution is 2.29. The Morgan fingerprint density at radius 3 is 2.52 bits per heavy atom. The molecule has 6 N–H and O–H groups in total. The fourth-order valence-electron chi connectivity index (χ4n) is 3.46. The van der Waals surface area contributed by atoms with Gasteiger partial charge in [-0.1, -0.05) is 13.8 Å². The number of halogens is 3. The maximum absolute atomic E-state index is 14.8. The van der Waals surface area contributed by atoms with E-state index >= 15 is 0 Å². The quantitative estimate of drug-likeness (QED) is 0.361. The molecule has 1 amide bonds. The lowest BCUT2D eigenvalue weighted by atomic mass is 9.99. The molecule has 2 atom stereocenters. The van der Waals surface area contributed by atoms with Crippen molar-refractivity contribution in [3.05, 3.63) is 36.0 Å². The van der Waals surface area contributed by atoms with Gasteiger partial charge in [-0.2, -0.15) is 5.10 Å². The van der Waals surface area contributed by atoms with Gasteiger partial charge in [0.2, 0.25) is 0 Å². The number of alkyl halides is 2. The zero-order valence-corrected chi connectivity index (χ0v) is 18.5. The second-order valence-corrected chi connectivity index (χ2v) is 8.28. The lowest BCUT2D eigenvalue weighted by molar-refractivity contribution is 0.1000. The van der Waals surface area contributed by atoms with E-state index < -0.39 is 24.7 Å². The molecule has 178 valence electrons.